The third-order valence-electron chi connectivity index (χ3n) is 2.94. The summed E-state index contributed by atoms with van der Waals surface area (Å²) in [4.78, 5) is 11.5. The molecule has 0 aliphatic rings. The van der Waals surface area contributed by atoms with Crippen molar-refractivity contribution in [3.8, 4) is 5.75 Å². The minimum absolute atomic E-state index is 0.0435. The molecule has 0 heterocycles. The van der Waals surface area contributed by atoms with Gasteiger partial charge in [0.25, 0.3) is 5.91 Å². The van der Waals surface area contributed by atoms with Crippen LogP contribution in [0.3, 0.4) is 0 Å². The molecule has 1 aromatic rings. The first-order valence-corrected chi connectivity index (χ1v) is 6.92. The van der Waals surface area contributed by atoms with Crippen LogP contribution >= 0.6 is 0 Å². The van der Waals surface area contributed by atoms with E-state index in [2.05, 4.69) is 26.1 Å². The van der Waals surface area contributed by atoms with Gasteiger partial charge in [0, 0.05) is 20.3 Å². The van der Waals surface area contributed by atoms with Gasteiger partial charge in [-0.15, -0.1) is 0 Å². The Morgan fingerprint density at radius 3 is 2.40 bits per heavy atom. The summed E-state index contributed by atoms with van der Waals surface area (Å²) in [7, 11) is 1.65. The topological polar surface area (TPSA) is 47.6 Å². The summed E-state index contributed by atoms with van der Waals surface area (Å²) in [6.07, 6.45) is 0.808. The quantitative estimate of drug-likeness (QED) is 0.780. The second-order valence-corrected chi connectivity index (χ2v) is 5.76. The molecule has 4 nitrogen and oxygen atoms in total. The Labute approximate surface area is 121 Å². The number of carbonyl (C=O) groups excluding carboxylic acids is 1. The van der Waals surface area contributed by atoms with Crippen molar-refractivity contribution < 1.29 is 14.3 Å². The molecule has 0 atom stereocenters. The van der Waals surface area contributed by atoms with Crippen LogP contribution < -0.4 is 10.1 Å². The first kappa shape index (κ1) is 16.5. The van der Waals surface area contributed by atoms with Gasteiger partial charge in [-0.2, -0.15) is 0 Å². The lowest BCUT2D eigenvalue weighted by atomic mass is 9.87. The van der Waals surface area contributed by atoms with Crippen molar-refractivity contribution in [3.63, 3.8) is 0 Å². The summed E-state index contributed by atoms with van der Waals surface area (Å²) in [5.74, 6) is 0.603. The van der Waals surface area contributed by atoms with Gasteiger partial charge in [-0.25, -0.2) is 0 Å². The van der Waals surface area contributed by atoms with Crippen molar-refractivity contribution in [1.29, 1.82) is 0 Å². The maximum atomic E-state index is 11.5. The van der Waals surface area contributed by atoms with Gasteiger partial charge in [0.1, 0.15) is 5.75 Å². The fourth-order valence-corrected chi connectivity index (χ4v) is 1.70. The molecule has 0 aliphatic carbocycles. The molecule has 0 aromatic heterocycles. The molecule has 20 heavy (non-hydrogen) atoms. The van der Waals surface area contributed by atoms with E-state index in [4.69, 9.17) is 9.47 Å². The number of benzene rings is 1. The van der Waals surface area contributed by atoms with Crippen LogP contribution in [0.5, 0.6) is 5.75 Å². The smallest absolute Gasteiger partial charge is 0.257 e. The van der Waals surface area contributed by atoms with E-state index in [-0.39, 0.29) is 17.9 Å². The lowest BCUT2D eigenvalue weighted by Gasteiger charge is -2.19. The van der Waals surface area contributed by atoms with Crippen molar-refractivity contribution in [3.05, 3.63) is 29.8 Å². The Morgan fingerprint density at radius 2 is 1.85 bits per heavy atom. The highest BCUT2D eigenvalue weighted by Crippen LogP contribution is 2.24. The Hall–Kier alpha value is -1.55. The summed E-state index contributed by atoms with van der Waals surface area (Å²) in [5.41, 5.74) is 1.37. The number of rotatable bonds is 7. The number of carbonyl (C=O) groups is 1. The van der Waals surface area contributed by atoms with Crippen molar-refractivity contribution >= 4 is 5.91 Å². The maximum absolute atomic E-state index is 11.5. The van der Waals surface area contributed by atoms with Crippen molar-refractivity contribution in [2.24, 2.45) is 0 Å². The van der Waals surface area contributed by atoms with Crippen LogP contribution in [0.2, 0.25) is 0 Å². The minimum Gasteiger partial charge on any atom is -0.484 e. The number of amides is 1. The van der Waals surface area contributed by atoms with Gasteiger partial charge in [-0.05, 0) is 29.5 Å². The standard InChI is InChI=1S/C16H25NO3/c1-16(2,3)13-6-8-14(9-7-13)20-12-15(18)17-10-5-11-19-4/h6-9H,5,10-12H2,1-4H3,(H,17,18). The van der Waals surface area contributed by atoms with Crippen LogP contribution in [0.25, 0.3) is 0 Å². The van der Waals surface area contributed by atoms with Gasteiger partial charge in [0.2, 0.25) is 0 Å². The highest BCUT2D eigenvalue weighted by Gasteiger charge is 2.13. The Morgan fingerprint density at radius 1 is 1.20 bits per heavy atom. The van der Waals surface area contributed by atoms with E-state index in [1.165, 1.54) is 5.56 Å². The molecule has 0 aliphatic heterocycles. The molecule has 0 unspecified atom stereocenters. The molecule has 0 fully saturated rings. The van der Waals surface area contributed by atoms with Crippen LogP contribution in [0.4, 0.5) is 0 Å². The molecular weight excluding hydrogens is 254 g/mol. The van der Waals surface area contributed by atoms with Crippen LogP contribution in [0.1, 0.15) is 32.8 Å². The van der Waals surface area contributed by atoms with E-state index in [0.29, 0.717) is 18.9 Å². The van der Waals surface area contributed by atoms with E-state index < -0.39 is 0 Å². The predicted molar refractivity (Wildman–Crippen MR) is 80.1 cm³/mol. The SMILES string of the molecule is COCCCNC(=O)COc1ccc(C(C)(C)C)cc1. The summed E-state index contributed by atoms with van der Waals surface area (Å²) < 4.78 is 10.4. The van der Waals surface area contributed by atoms with Gasteiger partial charge in [-0.1, -0.05) is 32.9 Å². The van der Waals surface area contributed by atoms with Gasteiger partial charge in [-0.3, -0.25) is 4.79 Å². The minimum atomic E-state index is -0.110. The second kappa shape index (κ2) is 7.90. The summed E-state index contributed by atoms with van der Waals surface area (Å²) >= 11 is 0. The Balaban J connectivity index is 2.33. The molecular formula is C16H25NO3. The van der Waals surface area contributed by atoms with E-state index in [1.54, 1.807) is 7.11 Å². The van der Waals surface area contributed by atoms with Gasteiger partial charge < -0.3 is 14.8 Å². The predicted octanol–water partition coefficient (Wildman–Crippen LogP) is 2.52. The van der Waals surface area contributed by atoms with Crippen molar-refractivity contribution in [2.45, 2.75) is 32.6 Å². The lowest BCUT2D eigenvalue weighted by Crippen LogP contribution is -2.30. The monoisotopic (exact) mass is 279 g/mol. The van der Waals surface area contributed by atoms with Gasteiger partial charge >= 0.3 is 0 Å². The average Bonchev–Trinajstić information content (AvgIpc) is 2.41. The molecule has 4 heteroatoms. The molecule has 1 N–H and O–H groups in total. The first-order chi connectivity index (χ1) is 9.43. The average molecular weight is 279 g/mol. The molecule has 1 amide bonds. The molecule has 0 radical (unpaired) electrons. The van der Waals surface area contributed by atoms with E-state index in [1.807, 2.05) is 24.3 Å². The largest absolute Gasteiger partial charge is 0.484 e. The number of methoxy groups -OCH3 is 1. The molecule has 1 rings (SSSR count). The zero-order valence-corrected chi connectivity index (χ0v) is 12.9. The summed E-state index contributed by atoms with van der Waals surface area (Å²) in [6, 6.07) is 7.87. The molecule has 0 saturated carbocycles. The van der Waals surface area contributed by atoms with Gasteiger partial charge in [0.05, 0.1) is 0 Å². The third-order valence-corrected chi connectivity index (χ3v) is 2.94. The van der Waals surface area contributed by atoms with Crippen molar-refractivity contribution in [1.82, 2.24) is 5.32 Å². The molecule has 0 saturated heterocycles. The van der Waals surface area contributed by atoms with Crippen LogP contribution in [0, 0.1) is 0 Å². The van der Waals surface area contributed by atoms with Crippen molar-refractivity contribution in [2.75, 3.05) is 26.9 Å². The first-order valence-electron chi connectivity index (χ1n) is 6.92. The Bertz CT molecular complexity index is 407. The highest BCUT2D eigenvalue weighted by atomic mass is 16.5. The van der Waals surface area contributed by atoms with Crippen LogP contribution in [-0.4, -0.2) is 32.8 Å². The van der Waals surface area contributed by atoms with Gasteiger partial charge in [0.15, 0.2) is 6.61 Å². The molecule has 0 spiro atoms. The summed E-state index contributed by atoms with van der Waals surface area (Å²) in [6.45, 7) is 7.79. The highest BCUT2D eigenvalue weighted by molar-refractivity contribution is 5.77. The zero-order valence-electron chi connectivity index (χ0n) is 12.9. The number of nitrogens with one attached hydrogen (secondary N) is 1. The molecule has 0 bridgehead atoms. The summed E-state index contributed by atoms with van der Waals surface area (Å²) in [5, 5.41) is 2.78. The maximum Gasteiger partial charge on any atom is 0.257 e. The van der Waals surface area contributed by atoms with E-state index in [0.717, 1.165) is 6.42 Å². The fraction of sp³-hybridized carbons (Fsp3) is 0.562. The fourth-order valence-electron chi connectivity index (χ4n) is 1.70. The third kappa shape index (κ3) is 6.06. The lowest BCUT2D eigenvalue weighted by molar-refractivity contribution is -0.123. The normalized spacial score (nSPS) is 11.2. The molecule has 112 valence electrons. The zero-order chi connectivity index (χ0) is 15.0. The number of hydrogen-bond acceptors (Lipinski definition) is 3. The van der Waals surface area contributed by atoms with E-state index in [9.17, 15) is 4.79 Å². The Kier molecular flexibility index (Phi) is 6.52. The number of hydrogen-bond donors (Lipinski definition) is 1. The van der Waals surface area contributed by atoms with Crippen LogP contribution in [0.15, 0.2) is 24.3 Å². The number of ether oxygens (including phenoxy) is 2. The van der Waals surface area contributed by atoms with Crippen LogP contribution in [-0.2, 0) is 14.9 Å². The molecule has 1 aromatic carbocycles. The second-order valence-electron chi connectivity index (χ2n) is 5.76. The van der Waals surface area contributed by atoms with E-state index >= 15 is 0 Å².